The normalized spacial score (nSPS) is 15.1. The van der Waals surface area contributed by atoms with Gasteiger partial charge in [-0.3, -0.25) is 9.69 Å². The highest BCUT2D eigenvalue weighted by molar-refractivity contribution is 7.15. The molecular formula is C16H20ClFN4OS. The van der Waals surface area contributed by atoms with Crippen LogP contribution >= 0.6 is 23.7 Å². The van der Waals surface area contributed by atoms with Crippen molar-refractivity contribution >= 4 is 34.8 Å². The first-order chi connectivity index (χ1) is 11.1. The zero-order chi connectivity index (χ0) is 16.2. The molecule has 2 N–H and O–H groups in total. The second-order valence-electron chi connectivity index (χ2n) is 5.59. The van der Waals surface area contributed by atoms with E-state index in [0.29, 0.717) is 23.8 Å². The molecule has 3 rings (SSSR count). The zero-order valence-corrected chi connectivity index (χ0v) is 14.8. The summed E-state index contributed by atoms with van der Waals surface area (Å²) in [5.41, 5.74) is 6.09. The molecule has 24 heavy (non-hydrogen) atoms. The van der Waals surface area contributed by atoms with E-state index in [0.717, 1.165) is 24.5 Å². The number of carbonyl (C=O) groups excluding carboxylic acids is 1. The number of nitrogens with two attached hydrogens (primary N) is 1. The molecule has 2 aromatic rings. The standard InChI is InChI=1S/C16H19FN4OS.ClH/c17-14-4-2-1-3-12(14)9-15(22)21-7-5-20(6-8-21)11-13-10-19-16(18)23-13;/h1-4,10H,5-9,11H2,(H2,18,19);1H. The minimum Gasteiger partial charge on any atom is -0.375 e. The van der Waals surface area contributed by atoms with E-state index in [1.54, 1.807) is 24.4 Å². The summed E-state index contributed by atoms with van der Waals surface area (Å²) in [6.07, 6.45) is 1.92. The van der Waals surface area contributed by atoms with Crippen molar-refractivity contribution in [2.75, 3.05) is 31.9 Å². The van der Waals surface area contributed by atoms with Gasteiger partial charge in [0.25, 0.3) is 0 Å². The predicted octanol–water partition coefficient (Wildman–Crippen LogP) is 2.17. The molecule has 0 atom stereocenters. The quantitative estimate of drug-likeness (QED) is 0.896. The van der Waals surface area contributed by atoms with Crippen LogP contribution in [-0.4, -0.2) is 46.9 Å². The number of hydrogen-bond acceptors (Lipinski definition) is 5. The fourth-order valence-electron chi connectivity index (χ4n) is 2.69. The number of nitrogens with zero attached hydrogens (tertiary/aromatic N) is 3. The molecule has 5 nitrogen and oxygen atoms in total. The number of piperazine rings is 1. The maximum atomic E-state index is 13.6. The molecule has 1 fully saturated rings. The molecule has 0 bridgehead atoms. The second-order valence-corrected chi connectivity index (χ2v) is 6.74. The van der Waals surface area contributed by atoms with Crippen LogP contribution in [0, 0.1) is 5.82 Å². The number of amides is 1. The molecule has 1 amide bonds. The Morgan fingerprint density at radius 1 is 1.25 bits per heavy atom. The third kappa shape index (κ3) is 4.66. The van der Waals surface area contributed by atoms with Crippen molar-refractivity contribution in [3.05, 3.63) is 46.7 Å². The highest BCUT2D eigenvalue weighted by atomic mass is 35.5. The molecule has 0 unspecified atom stereocenters. The molecule has 1 aliphatic heterocycles. The van der Waals surface area contributed by atoms with Crippen LogP contribution in [0.3, 0.4) is 0 Å². The van der Waals surface area contributed by atoms with Gasteiger partial charge in [0.05, 0.1) is 6.42 Å². The average Bonchev–Trinajstić information content (AvgIpc) is 2.95. The van der Waals surface area contributed by atoms with Gasteiger partial charge in [-0.15, -0.1) is 23.7 Å². The maximum absolute atomic E-state index is 13.6. The summed E-state index contributed by atoms with van der Waals surface area (Å²) in [6, 6.07) is 6.44. The van der Waals surface area contributed by atoms with Crippen LogP contribution in [0.25, 0.3) is 0 Å². The van der Waals surface area contributed by atoms with Crippen molar-refractivity contribution in [2.45, 2.75) is 13.0 Å². The molecule has 130 valence electrons. The third-order valence-corrected chi connectivity index (χ3v) is 4.79. The summed E-state index contributed by atoms with van der Waals surface area (Å²) in [7, 11) is 0. The Morgan fingerprint density at radius 2 is 1.96 bits per heavy atom. The van der Waals surface area contributed by atoms with Gasteiger partial charge in [0.2, 0.25) is 5.91 Å². The van der Waals surface area contributed by atoms with E-state index >= 15 is 0 Å². The summed E-state index contributed by atoms with van der Waals surface area (Å²) in [5, 5.41) is 0.582. The van der Waals surface area contributed by atoms with E-state index in [2.05, 4.69) is 9.88 Å². The molecule has 1 aliphatic rings. The Morgan fingerprint density at radius 3 is 2.58 bits per heavy atom. The minimum atomic E-state index is -0.317. The number of benzene rings is 1. The van der Waals surface area contributed by atoms with E-state index in [1.807, 2.05) is 4.90 Å². The van der Waals surface area contributed by atoms with E-state index in [1.165, 1.54) is 17.4 Å². The predicted molar refractivity (Wildman–Crippen MR) is 95.7 cm³/mol. The van der Waals surface area contributed by atoms with Gasteiger partial charge in [0.1, 0.15) is 5.82 Å². The third-order valence-electron chi connectivity index (χ3n) is 3.98. The Labute approximate surface area is 150 Å². The number of carbonyl (C=O) groups is 1. The lowest BCUT2D eigenvalue weighted by molar-refractivity contribution is -0.132. The van der Waals surface area contributed by atoms with Gasteiger partial charge in [-0.05, 0) is 11.6 Å². The van der Waals surface area contributed by atoms with E-state index < -0.39 is 0 Å². The Hall–Kier alpha value is -1.70. The van der Waals surface area contributed by atoms with Gasteiger partial charge in [-0.2, -0.15) is 0 Å². The molecule has 1 aromatic heterocycles. The van der Waals surface area contributed by atoms with Gasteiger partial charge in [0.15, 0.2) is 5.13 Å². The van der Waals surface area contributed by atoms with E-state index in [9.17, 15) is 9.18 Å². The summed E-state index contributed by atoms with van der Waals surface area (Å²) >= 11 is 1.49. The van der Waals surface area contributed by atoms with Gasteiger partial charge in [-0.1, -0.05) is 18.2 Å². The van der Waals surface area contributed by atoms with Crippen molar-refractivity contribution in [3.8, 4) is 0 Å². The number of rotatable bonds is 4. The lowest BCUT2D eigenvalue weighted by Crippen LogP contribution is -2.48. The summed E-state index contributed by atoms with van der Waals surface area (Å²) in [4.78, 5) is 21.6. The van der Waals surface area contributed by atoms with Gasteiger partial charge in [-0.25, -0.2) is 9.37 Å². The number of aromatic nitrogens is 1. The number of halogens is 2. The monoisotopic (exact) mass is 370 g/mol. The number of thiazole rings is 1. The largest absolute Gasteiger partial charge is 0.375 e. The highest BCUT2D eigenvalue weighted by Gasteiger charge is 2.22. The van der Waals surface area contributed by atoms with Gasteiger partial charge in [0, 0.05) is 43.8 Å². The van der Waals surface area contributed by atoms with Crippen molar-refractivity contribution < 1.29 is 9.18 Å². The molecule has 0 radical (unpaired) electrons. The topological polar surface area (TPSA) is 62.5 Å². The first-order valence-corrected chi connectivity index (χ1v) is 8.37. The maximum Gasteiger partial charge on any atom is 0.227 e. The van der Waals surface area contributed by atoms with E-state index in [4.69, 9.17) is 5.73 Å². The lowest BCUT2D eigenvalue weighted by atomic mass is 10.1. The van der Waals surface area contributed by atoms with Crippen molar-refractivity contribution in [1.29, 1.82) is 0 Å². The fourth-order valence-corrected chi connectivity index (χ4v) is 3.41. The number of hydrogen-bond donors (Lipinski definition) is 1. The lowest BCUT2D eigenvalue weighted by Gasteiger charge is -2.34. The van der Waals surface area contributed by atoms with Crippen molar-refractivity contribution in [1.82, 2.24) is 14.8 Å². The number of nitrogen functional groups attached to an aromatic ring is 1. The highest BCUT2D eigenvalue weighted by Crippen LogP contribution is 2.18. The van der Waals surface area contributed by atoms with Crippen LogP contribution in [-0.2, 0) is 17.8 Å². The smallest absolute Gasteiger partial charge is 0.227 e. The molecule has 1 aromatic carbocycles. The Bertz CT molecular complexity index is 688. The number of anilines is 1. The molecule has 2 heterocycles. The molecule has 0 aliphatic carbocycles. The van der Waals surface area contributed by atoms with Crippen LogP contribution in [0.5, 0.6) is 0 Å². The molecule has 8 heteroatoms. The average molecular weight is 371 g/mol. The Balaban J connectivity index is 0.00000208. The van der Waals surface area contributed by atoms with Crippen LogP contribution in [0.15, 0.2) is 30.5 Å². The molecular weight excluding hydrogens is 351 g/mol. The summed E-state index contributed by atoms with van der Waals surface area (Å²) < 4.78 is 13.6. The zero-order valence-electron chi connectivity index (χ0n) is 13.2. The summed E-state index contributed by atoms with van der Waals surface area (Å²) in [5.74, 6) is -0.334. The van der Waals surface area contributed by atoms with Crippen LogP contribution in [0.4, 0.5) is 9.52 Å². The van der Waals surface area contributed by atoms with Gasteiger partial charge >= 0.3 is 0 Å². The molecule has 0 saturated carbocycles. The Kier molecular flexibility index (Phi) is 6.53. The first kappa shape index (κ1) is 18.6. The fraction of sp³-hybridized carbons (Fsp3) is 0.375. The second kappa shape index (κ2) is 8.41. The molecule has 0 spiro atoms. The van der Waals surface area contributed by atoms with E-state index in [-0.39, 0.29) is 30.6 Å². The summed E-state index contributed by atoms with van der Waals surface area (Å²) in [6.45, 7) is 3.76. The van der Waals surface area contributed by atoms with Crippen molar-refractivity contribution in [3.63, 3.8) is 0 Å². The van der Waals surface area contributed by atoms with Crippen LogP contribution < -0.4 is 5.73 Å². The van der Waals surface area contributed by atoms with Crippen LogP contribution in [0.2, 0.25) is 0 Å². The molecule has 1 saturated heterocycles. The SMILES string of the molecule is Cl.Nc1ncc(CN2CCN(C(=O)Cc3ccccc3F)CC2)s1. The van der Waals surface area contributed by atoms with Gasteiger partial charge < -0.3 is 10.6 Å². The van der Waals surface area contributed by atoms with Crippen LogP contribution in [0.1, 0.15) is 10.4 Å². The first-order valence-electron chi connectivity index (χ1n) is 7.55. The van der Waals surface area contributed by atoms with Crippen molar-refractivity contribution in [2.24, 2.45) is 0 Å². The minimum absolute atomic E-state index is 0.